The second-order valence-corrected chi connectivity index (χ2v) is 10.3. The Balaban J connectivity index is 2.04. The number of halogens is 5. The first kappa shape index (κ1) is 23.4. The Labute approximate surface area is 179 Å². The van der Waals surface area contributed by atoms with Crippen LogP contribution in [0.4, 0.5) is 24.2 Å². The lowest BCUT2D eigenvalue weighted by atomic mass is 10.1. The minimum atomic E-state index is -9.83. The zero-order valence-electron chi connectivity index (χ0n) is 17.1. The summed E-state index contributed by atoms with van der Waals surface area (Å²) in [4.78, 5) is 25.5. The van der Waals surface area contributed by atoms with Crippen LogP contribution in [0.5, 0.6) is 0 Å². The molecule has 13 heteroatoms. The van der Waals surface area contributed by atoms with E-state index in [1.165, 1.54) is 12.3 Å². The Morgan fingerprint density at radius 3 is 2.28 bits per heavy atom. The van der Waals surface area contributed by atoms with Crippen molar-refractivity contribution in [3.8, 4) is 5.69 Å². The summed E-state index contributed by atoms with van der Waals surface area (Å²) in [7, 11) is -9.83. The average Bonchev–Trinajstić information content (AvgIpc) is 3.02. The molecule has 0 bridgehead atoms. The van der Waals surface area contributed by atoms with Crippen molar-refractivity contribution in [2.75, 3.05) is 0 Å². The lowest BCUT2D eigenvalue weighted by Crippen LogP contribution is -2.32. The lowest BCUT2D eigenvalue weighted by Gasteiger charge is -2.40. The van der Waals surface area contributed by atoms with Gasteiger partial charge in [0, 0.05) is 11.8 Å². The van der Waals surface area contributed by atoms with Gasteiger partial charge in [0.05, 0.1) is 23.3 Å². The fourth-order valence-corrected chi connectivity index (χ4v) is 3.51. The van der Waals surface area contributed by atoms with Crippen molar-refractivity contribution < 1.29 is 33.8 Å². The summed E-state index contributed by atoms with van der Waals surface area (Å²) in [5.41, 5.74) is -0.315. The van der Waals surface area contributed by atoms with Crippen LogP contribution in [-0.4, -0.2) is 32.7 Å². The van der Waals surface area contributed by atoms with E-state index in [1.807, 2.05) is 0 Å². The highest BCUT2D eigenvalue weighted by Crippen LogP contribution is 3.02. The molecule has 1 amide bonds. The van der Waals surface area contributed by atoms with Gasteiger partial charge in [0.15, 0.2) is 11.9 Å². The van der Waals surface area contributed by atoms with Gasteiger partial charge in [-0.1, -0.05) is 19.4 Å². The van der Waals surface area contributed by atoms with Crippen LogP contribution < -0.4 is 5.32 Å². The van der Waals surface area contributed by atoms with Gasteiger partial charge < -0.3 is 10.1 Å². The molecule has 0 aliphatic carbocycles. The fourth-order valence-electron chi connectivity index (χ4n) is 2.86. The number of rotatable bonds is 5. The molecule has 0 aliphatic rings. The first-order chi connectivity index (χ1) is 14.5. The van der Waals surface area contributed by atoms with Crippen molar-refractivity contribution in [1.82, 2.24) is 20.1 Å². The Morgan fingerprint density at radius 2 is 1.75 bits per heavy atom. The van der Waals surface area contributed by atoms with Crippen molar-refractivity contribution in [3.63, 3.8) is 0 Å². The second kappa shape index (κ2) is 6.89. The summed E-state index contributed by atoms with van der Waals surface area (Å²) in [6.07, 6.45) is 1.07. The molecule has 2 aromatic heterocycles. The third-order valence-electron chi connectivity index (χ3n) is 4.13. The molecule has 0 unspecified atom stereocenters. The van der Waals surface area contributed by atoms with Crippen molar-refractivity contribution >= 4 is 33.6 Å². The number of hydrogen-bond donors (Lipinski definition) is 1. The molecule has 32 heavy (non-hydrogen) atoms. The number of carbonyl (C=O) groups is 2. The molecule has 0 spiro atoms. The molecule has 0 saturated heterocycles. The molecule has 2 heterocycles. The highest BCUT2D eigenvalue weighted by molar-refractivity contribution is 8.45. The van der Waals surface area contributed by atoms with Crippen LogP contribution in [0.1, 0.15) is 36.8 Å². The van der Waals surface area contributed by atoms with Crippen LogP contribution >= 0.6 is 10.2 Å². The van der Waals surface area contributed by atoms with Gasteiger partial charge in [0.2, 0.25) is 0 Å². The van der Waals surface area contributed by atoms with Gasteiger partial charge in [-0.15, -0.1) is 0 Å². The first-order valence-electron chi connectivity index (χ1n) is 9.12. The Kier molecular flexibility index (Phi) is 5.05. The average molecular weight is 478 g/mol. The normalized spacial score (nSPS) is 14.5. The van der Waals surface area contributed by atoms with Gasteiger partial charge in [0.25, 0.3) is 0 Å². The molecule has 0 saturated carbocycles. The molecular formula is C19H19F5N4O3S. The number of amides is 1. The number of carbonyl (C=O) groups excluding carboxylic acids is 2. The third kappa shape index (κ3) is 5.15. The second-order valence-electron chi connectivity index (χ2n) is 7.89. The summed E-state index contributed by atoms with van der Waals surface area (Å²) < 4.78 is 71.3. The minimum Gasteiger partial charge on any atom is -0.444 e. The number of ether oxygens (including phenoxy) is 1. The summed E-state index contributed by atoms with van der Waals surface area (Å²) in [6.45, 7) is 4.82. The van der Waals surface area contributed by atoms with Crippen LogP contribution in [-0.2, 0) is 11.3 Å². The van der Waals surface area contributed by atoms with Gasteiger partial charge in [-0.25, -0.2) is 14.5 Å². The zero-order valence-corrected chi connectivity index (χ0v) is 17.9. The van der Waals surface area contributed by atoms with E-state index in [-0.39, 0.29) is 46.7 Å². The van der Waals surface area contributed by atoms with Gasteiger partial charge in [-0.3, -0.25) is 4.79 Å². The van der Waals surface area contributed by atoms with Crippen LogP contribution in [0.25, 0.3) is 16.7 Å². The number of hydrogen-bond acceptors (Lipinski definition) is 5. The summed E-state index contributed by atoms with van der Waals surface area (Å²) in [6, 6.07) is 3.55. The number of benzene rings is 1. The predicted octanol–water partition coefficient (Wildman–Crippen LogP) is 5.92. The van der Waals surface area contributed by atoms with Gasteiger partial charge in [0.1, 0.15) is 10.5 Å². The van der Waals surface area contributed by atoms with Crippen molar-refractivity contribution in [3.05, 3.63) is 47.8 Å². The highest BCUT2D eigenvalue weighted by Gasteiger charge is 2.65. The molecule has 174 valence electrons. The van der Waals surface area contributed by atoms with E-state index in [2.05, 4.69) is 15.4 Å². The van der Waals surface area contributed by atoms with E-state index >= 15 is 0 Å². The quantitative estimate of drug-likeness (QED) is 0.364. The largest absolute Gasteiger partial charge is 0.444 e. The van der Waals surface area contributed by atoms with Gasteiger partial charge in [-0.2, -0.15) is 5.10 Å². The summed E-state index contributed by atoms with van der Waals surface area (Å²) in [5.74, 6) is 0. The number of pyridine rings is 1. The Bertz CT molecular complexity index is 1200. The predicted molar refractivity (Wildman–Crippen MR) is 109 cm³/mol. The summed E-state index contributed by atoms with van der Waals surface area (Å²) in [5, 5.41) is 6.95. The minimum absolute atomic E-state index is 0.000308. The van der Waals surface area contributed by atoms with E-state index in [1.54, 1.807) is 20.8 Å². The molecule has 3 aromatic rings. The smallest absolute Gasteiger partial charge is 0.407 e. The standard InChI is InChI=1S/C19H19F5N4O3S/c1-19(2,3)31-18(30)26-10-15-16-12(11-29)8-9-25-17(16)28(27-15)13-4-6-14(7-5-13)32(20,21,22,23)24/h4-9,11H,10H2,1-3H3,(H,26,30). The third-order valence-corrected chi connectivity index (χ3v) is 5.29. The maximum atomic E-state index is 13.0. The topological polar surface area (TPSA) is 86.1 Å². The van der Waals surface area contributed by atoms with Crippen molar-refractivity contribution in [2.45, 2.75) is 37.8 Å². The van der Waals surface area contributed by atoms with Crippen LogP contribution in [0.3, 0.4) is 0 Å². The highest BCUT2D eigenvalue weighted by atomic mass is 32.5. The molecule has 0 aliphatic heterocycles. The number of fused-ring (bicyclic) bond motifs is 1. The first-order valence-corrected chi connectivity index (χ1v) is 11.1. The Hall–Kier alpha value is -3.22. The fraction of sp³-hybridized carbons (Fsp3) is 0.263. The molecule has 1 N–H and O–H groups in total. The van der Waals surface area contributed by atoms with Crippen molar-refractivity contribution in [1.29, 1.82) is 0 Å². The number of nitrogens with zero attached hydrogens (tertiary/aromatic N) is 3. The van der Waals surface area contributed by atoms with Crippen LogP contribution in [0.15, 0.2) is 41.4 Å². The monoisotopic (exact) mass is 478 g/mol. The lowest BCUT2D eigenvalue weighted by molar-refractivity contribution is 0.0523. The maximum absolute atomic E-state index is 13.0. The number of alkyl carbamates (subject to hydrolysis) is 1. The number of aldehydes is 1. The van der Waals surface area contributed by atoms with E-state index in [9.17, 15) is 29.0 Å². The van der Waals surface area contributed by atoms with Gasteiger partial charge in [-0.05, 0) is 51.1 Å². The molecule has 0 radical (unpaired) electrons. The molecule has 3 rings (SSSR count). The van der Waals surface area contributed by atoms with E-state index in [4.69, 9.17) is 4.74 Å². The Morgan fingerprint density at radius 1 is 1.12 bits per heavy atom. The number of nitrogens with one attached hydrogen (secondary N) is 1. The van der Waals surface area contributed by atoms with Crippen molar-refractivity contribution in [2.24, 2.45) is 0 Å². The molecule has 7 nitrogen and oxygen atoms in total. The van der Waals surface area contributed by atoms with Crippen LogP contribution in [0, 0.1) is 0 Å². The van der Waals surface area contributed by atoms with Crippen LogP contribution in [0.2, 0.25) is 0 Å². The zero-order chi connectivity index (χ0) is 24.0. The maximum Gasteiger partial charge on any atom is 0.407 e. The molecule has 0 atom stereocenters. The molecular weight excluding hydrogens is 459 g/mol. The van der Waals surface area contributed by atoms with E-state index in [0.29, 0.717) is 6.29 Å². The van der Waals surface area contributed by atoms with E-state index in [0.717, 1.165) is 16.8 Å². The molecule has 1 aromatic carbocycles. The molecule has 0 fully saturated rings. The SMILES string of the molecule is CC(C)(C)OC(=O)NCc1nn(-c2ccc(S(F)(F)(F)(F)F)cc2)c2nccc(C=O)c12. The van der Waals surface area contributed by atoms with Gasteiger partial charge >= 0.3 is 16.3 Å². The summed E-state index contributed by atoms with van der Waals surface area (Å²) >= 11 is 0. The van der Waals surface area contributed by atoms with E-state index < -0.39 is 26.8 Å². The number of aromatic nitrogens is 3.